The molecule has 0 aliphatic carbocycles. The highest BCUT2D eigenvalue weighted by molar-refractivity contribution is 6.33. The molecule has 2 aromatic carbocycles. The summed E-state index contributed by atoms with van der Waals surface area (Å²) >= 11 is 6.15. The third-order valence-electron chi connectivity index (χ3n) is 5.42. The highest BCUT2D eigenvalue weighted by Gasteiger charge is 2.55. The van der Waals surface area contributed by atoms with Crippen molar-refractivity contribution in [1.29, 1.82) is 0 Å². The number of rotatable bonds is 6. The van der Waals surface area contributed by atoms with Gasteiger partial charge in [-0.25, -0.2) is 4.90 Å². The van der Waals surface area contributed by atoms with Gasteiger partial charge in [0.1, 0.15) is 12.3 Å². The smallest absolute Gasteiger partial charge is 0.263 e. The van der Waals surface area contributed by atoms with Crippen LogP contribution in [0.5, 0.6) is 5.75 Å². The van der Waals surface area contributed by atoms with Crippen LogP contribution in [-0.2, 0) is 14.4 Å². The first kappa shape index (κ1) is 21.8. The van der Waals surface area contributed by atoms with E-state index in [0.29, 0.717) is 23.0 Å². The average Bonchev–Trinajstić information content (AvgIpc) is 3.27. The number of nitrogens with one attached hydrogen (secondary N) is 1. The first-order chi connectivity index (χ1) is 15.3. The number of amides is 3. The number of carbonyl (C=O) groups excluding carboxylic acids is 3. The van der Waals surface area contributed by atoms with Crippen molar-refractivity contribution < 1.29 is 19.1 Å². The summed E-state index contributed by atoms with van der Waals surface area (Å²) in [5.74, 6) is -0.587. The molecule has 32 heavy (non-hydrogen) atoms. The highest BCUT2D eigenvalue weighted by atomic mass is 35.5. The fraction of sp³-hybridized carbons (Fsp3) is 0.318. The van der Waals surface area contributed by atoms with Gasteiger partial charge < -0.3 is 10.1 Å². The molecular weight excluding hydrogens is 434 g/mol. The molecule has 1 saturated heterocycles. The Morgan fingerprint density at radius 3 is 2.50 bits per heavy atom. The van der Waals surface area contributed by atoms with Crippen LogP contribution in [0.15, 0.2) is 52.8 Å². The van der Waals surface area contributed by atoms with Crippen LogP contribution < -0.4 is 15.0 Å². The molecular formula is C22H22ClN5O4. The summed E-state index contributed by atoms with van der Waals surface area (Å²) in [5, 5.41) is 12.1. The number of imide groups is 1. The van der Waals surface area contributed by atoms with E-state index in [1.54, 1.807) is 12.1 Å². The van der Waals surface area contributed by atoms with E-state index in [-0.39, 0.29) is 17.5 Å². The predicted octanol–water partition coefficient (Wildman–Crippen LogP) is 3.40. The topological polar surface area (TPSA) is 104 Å². The number of nitrogens with zero attached hydrogens (tertiary/aromatic N) is 4. The number of methoxy groups -OCH3 is 1. The minimum Gasteiger partial charge on any atom is -0.495 e. The molecule has 4 rings (SSSR count). The SMILES string of the molecule is COc1ccc(N2C(=O)[C@H]3N=NN(CC(=O)Nc4ccc(C(C)C)cc4)[C@@H]3C2=O)cc1Cl. The third kappa shape index (κ3) is 3.91. The Kier molecular flexibility index (Phi) is 5.84. The minimum absolute atomic E-state index is 0.215. The number of benzene rings is 2. The predicted molar refractivity (Wildman–Crippen MR) is 119 cm³/mol. The Bertz CT molecular complexity index is 1100. The summed E-state index contributed by atoms with van der Waals surface area (Å²) in [6.07, 6.45) is 0. The van der Waals surface area contributed by atoms with E-state index in [1.165, 1.54) is 18.2 Å². The van der Waals surface area contributed by atoms with E-state index < -0.39 is 23.9 Å². The molecule has 2 heterocycles. The van der Waals surface area contributed by atoms with Gasteiger partial charge in [-0.3, -0.25) is 19.4 Å². The molecule has 2 aliphatic heterocycles. The molecule has 2 aliphatic rings. The van der Waals surface area contributed by atoms with E-state index in [1.807, 2.05) is 24.3 Å². The average molecular weight is 456 g/mol. The molecule has 2 aromatic rings. The van der Waals surface area contributed by atoms with Crippen LogP contribution in [0.4, 0.5) is 11.4 Å². The number of ether oxygens (including phenoxy) is 1. The Labute approximate surface area is 190 Å². The maximum absolute atomic E-state index is 13.1. The van der Waals surface area contributed by atoms with Crippen LogP contribution in [0, 0.1) is 0 Å². The molecule has 0 radical (unpaired) electrons. The Morgan fingerprint density at radius 1 is 1.16 bits per heavy atom. The second-order valence-electron chi connectivity index (χ2n) is 7.85. The molecule has 0 bridgehead atoms. The first-order valence-corrected chi connectivity index (χ1v) is 10.5. The minimum atomic E-state index is -0.999. The Balaban J connectivity index is 1.46. The van der Waals surface area contributed by atoms with Crippen LogP contribution in [0.2, 0.25) is 5.02 Å². The quantitative estimate of drug-likeness (QED) is 0.672. The van der Waals surface area contributed by atoms with Gasteiger partial charge in [0.25, 0.3) is 11.8 Å². The van der Waals surface area contributed by atoms with E-state index in [9.17, 15) is 14.4 Å². The Hall–Kier alpha value is -3.46. The molecule has 9 nitrogen and oxygen atoms in total. The van der Waals surface area contributed by atoms with Crippen molar-refractivity contribution in [2.24, 2.45) is 10.3 Å². The van der Waals surface area contributed by atoms with E-state index in [2.05, 4.69) is 29.5 Å². The van der Waals surface area contributed by atoms with Gasteiger partial charge in [-0.15, -0.1) is 0 Å². The molecule has 166 valence electrons. The second kappa shape index (κ2) is 8.58. The summed E-state index contributed by atoms with van der Waals surface area (Å²) < 4.78 is 5.11. The standard InChI is InChI=1S/C22H22ClN5O4/c1-12(2)13-4-6-14(7-5-13)24-18(29)11-27-20-19(25-26-27)21(30)28(22(20)31)15-8-9-17(32-3)16(23)10-15/h4-10,12,19-20H,11H2,1-3H3,(H,24,29)/t19-,20-/m0/s1. The maximum Gasteiger partial charge on any atom is 0.263 e. The van der Waals surface area contributed by atoms with Gasteiger partial charge in [0, 0.05) is 5.69 Å². The highest BCUT2D eigenvalue weighted by Crippen LogP contribution is 2.35. The van der Waals surface area contributed by atoms with Crippen molar-refractivity contribution in [2.75, 3.05) is 23.9 Å². The molecule has 0 unspecified atom stereocenters. The molecule has 0 spiro atoms. The number of hydrogen-bond acceptors (Lipinski definition) is 7. The number of hydrogen-bond donors (Lipinski definition) is 1. The molecule has 0 saturated carbocycles. The van der Waals surface area contributed by atoms with Crippen LogP contribution in [0.3, 0.4) is 0 Å². The van der Waals surface area contributed by atoms with Crippen LogP contribution in [0.1, 0.15) is 25.3 Å². The zero-order chi connectivity index (χ0) is 23.0. The van der Waals surface area contributed by atoms with Crippen molar-refractivity contribution in [3.8, 4) is 5.75 Å². The number of fused-ring (bicyclic) bond motifs is 1. The molecule has 3 amide bonds. The monoisotopic (exact) mass is 455 g/mol. The van der Waals surface area contributed by atoms with Gasteiger partial charge in [-0.2, -0.15) is 5.11 Å². The largest absolute Gasteiger partial charge is 0.495 e. The first-order valence-electron chi connectivity index (χ1n) is 10.1. The summed E-state index contributed by atoms with van der Waals surface area (Å²) in [7, 11) is 1.47. The van der Waals surface area contributed by atoms with Crippen LogP contribution >= 0.6 is 11.6 Å². The van der Waals surface area contributed by atoms with E-state index in [4.69, 9.17) is 16.3 Å². The summed E-state index contributed by atoms with van der Waals surface area (Å²) in [6.45, 7) is 3.96. The summed E-state index contributed by atoms with van der Waals surface area (Å²) in [5.41, 5.74) is 2.11. The second-order valence-corrected chi connectivity index (χ2v) is 8.25. The molecule has 1 fully saturated rings. The molecule has 1 N–H and O–H groups in total. The lowest BCUT2D eigenvalue weighted by molar-refractivity contribution is -0.123. The normalized spacial score (nSPS) is 19.7. The molecule has 0 aromatic heterocycles. The maximum atomic E-state index is 13.1. The van der Waals surface area contributed by atoms with Crippen molar-refractivity contribution in [1.82, 2.24) is 5.01 Å². The van der Waals surface area contributed by atoms with Crippen molar-refractivity contribution >= 4 is 40.7 Å². The van der Waals surface area contributed by atoms with Crippen LogP contribution in [-0.4, -0.2) is 48.5 Å². The van der Waals surface area contributed by atoms with Gasteiger partial charge in [-0.1, -0.05) is 42.8 Å². The van der Waals surface area contributed by atoms with E-state index >= 15 is 0 Å². The lowest BCUT2D eigenvalue weighted by atomic mass is 10.0. The van der Waals surface area contributed by atoms with Crippen molar-refractivity contribution in [3.63, 3.8) is 0 Å². The number of halogens is 1. The van der Waals surface area contributed by atoms with Gasteiger partial charge in [-0.05, 0) is 41.8 Å². The molecule has 10 heteroatoms. The summed E-state index contributed by atoms with van der Waals surface area (Å²) in [4.78, 5) is 39.4. The Morgan fingerprint density at radius 2 is 1.88 bits per heavy atom. The fourth-order valence-electron chi connectivity index (χ4n) is 3.70. The van der Waals surface area contributed by atoms with Gasteiger partial charge in [0.2, 0.25) is 5.91 Å². The zero-order valence-corrected chi connectivity index (χ0v) is 18.5. The summed E-state index contributed by atoms with van der Waals surface area (Å²) in [6, 6.07) is 10.2. The molecule has 2 atom stereocenters. The van der Waals surface area contributed by atoms with Gasteiger partial charge in [0.15, 0.2) is 12.1 Å². The number of carbonyl (C=O) groups is 3. The van der Waals surface area contributed by atoms with Gasteiger partial charge >= 0.3 is 0 Å². The fourth-order valence-corrected chi connectivity index (χ4v) is 3.95. The van der Waals surface area contributed by atoms with Crippen molar-refractivity contribution in [3.05, 3.63) is 53.1 Å². The van der Waals surface area contributed by atoms with Crippen molar-refractivity contribution in [2.45, 2.75) is 31.8 Å². The lowest BCUT2D eigenvalue weighted by Crippen LogP contribution is -2.43. The van der Waals surface area contributed by atoms with E-state index in [0.717, 1.165) is 10.5 Å². The van der Waals surface area contributed by atoms with Gasteiger partial charge in [0.05, 0.1) is 17.8 Å². The third-order valence-corrected chi connectivity index (χ3v) is 5.71. The van der Waals surface area contributed by atoms with Crippen LogP contribution in [0.25, 0.3) is 0 Å². The lowest BCUT2D eigenvalue weighted by Gasteiger charge is -2.20. The number of anilines is 2. The zero-order valence-electron chi connectivity index (χ0n) is 17.8.